The van der Waals surface area contributed by atoms with E-state index in [9.17, 15) is 9.18 Å². The highest BCUT2D eigenvalue weighted by molar-refractivity contribution is 5.81. The lowest BCUT2D eigenvalue weighted by molar-refractivity contribution is -0.128. The molecule has 6 nitrogen and oxygen atoms in total. The van der Waals surface area contributed by atoms with E-state index in [1.165, 1.54) is 6.07 Å². The number of para-hydroxylation sites is 1. The third-order valence-corrected chi connectivity index (χ3v) is 4.10. The Morgan fingerprint density at radius 2 is 1.92 bits per heavy atom. The summed E-state index contributed by atoms with van der Waals surface area (Å²) in [5, 5.41) is 3.23. The van der Waals surface area contributed by atoms with E-state index in [2.05, 4.69) is 20.1 Å². The molecule has 1 aliphatic rings. The van der Waals surface area contributed by atoms with Crippen LogP contribution in [0.5, 0.6) is 0 Å². The summed E-state index contributed by atoms with van der Waals surface area (Å²) in [5.41, 5.74) is 0.650. The molecule has 2 rings (SSSR count). The molecule has 1 aromatic carbocycles. The SMILES string of the molecule is CN=C(NCCC(=O)N(C)C)N1CCN(c2ccccc2F)CC1. The molecule has 0 saturated carbocycles. The van der Waals surface area contributed by atoms with Crippen LogP contribution in [0.1, 0.15) is 6.42 Å². The van der Waals surface area contributed by atoms with E-state index >= 15 is 0 Å². The Labute approximate surface area is 142 Å². The van der Waals surface area contributed by atoms with Gasteiger partial charge in [0, 0.05) is 60.3 Å². The largest absolute Gasteiger partial charge is 0.366 e. The highest BCUT2D eigenvalue weighted by Crippen LogP contribution is 2.20. The van der Waals surface area contributed by atoms with Crippen LogP contribution in [-0.2, 0) is 4.79 Å². The zero-order valence-corrected chi connectivity index (χ0v) is 14.6. The van der Waals surface area contributed by atoms with Crippen molar-refractivity contribution in [3.05, 3.63) is 30.1 Å². The van der Waals surface area contributed by atoms with Crippen LogP contribution in [-0.4, -0.2) is 75.5 Å². The molecule has 1 saturated heterocycles. The van der Waals surface area contributed by atoms with Crippen LogP contribution in [0.4, 0.5) is 10.1 Å². The lowest BCUT2D eigenvalue weighted by Crippen LogP contribution is -2.53. The van der Waals surface area contributed by atoms with Crippen molar-refractivity contribution < 1.29 is 9.18 Å². The maximum atomic E-state index is 13.9. The maximum Gasteiger partial charge on any atom is 0.223 e. The molecule has 0 radical (unpaired) electrons. The van der Waals surface area contributed by atoms with Crippen molar-refractivity contribution in [2.24, 2.45) is 4.99 Å². The van der Waals surface area contributed by atoms with E-state index in [0.29, 0.717) is 18.7 Å². The third kappa shape index (κ3) is 4.59. The monoisotopic (exact) mass is 335 g/mol. The van der Waals surface area contributed by atoms with Gasteiger partial charge in [0.05, 0.1) is 5.69 Å². The van der Waals surface area contributed by atoms with Crippen LogP contribution in [0.2, 0.25) is 0 Å². The van der Waals surface area contributed by atoms with E-state index in [-0.39, 0.29) is 11.7 Å². The molecule has 1 heterocycles. The summed E-state index contributed by atoms with van der Waals surface area (Å²) in [6.45, 7) is 3.54. The van der Waals surface area contributed by atoms with Crippen LogP contribution in [0.3, 0.4) is 0 Å². The van der Waals surface area contributed by atoms with E-state index in [1.807, 2.05) is 12.1 Å². The molecule has 0 atom stereocenters. The molecule has 132 valence electrons. The summed E-state index contributed by atoms with van der Waals surface area (Å²) < 4.78 is 13.9. The molecule has 1 aliphatic heterocycles. The zero-order valence-electron chi connectivity index (χ0n) is 14.6. The second kappa shape index (κ2) is 8.52. The minimum atomic E-state index is -0.185. The second-order valence-corrected chi connectivity index (χ2v) is 5.94. The minimum Gasteiger partial charge on any atom is -0.366 e. The van der Waals surface area contributed by atoms with E-state index in [1.54, 1.807) is 32.1 Å². The fourth-order valence-electron chi connectivity index (χ4n) is 2.70. The summed E-state index contributed by atoms with van der Waals surface area (Å²) in [7, 11) is 5.23. The molecular formula is C17H26FN5O. The molecule has 0 spiro atoms. The van der Waals surface area contributed by atoms with Crippen LogP contribution < -0.4 is 10.2 Å². The number of nitrogens with one attached hydrogen (secondary N) is 1. The number of rotatable bonds is 4. The molecule has 0 aromatic heterocycles. The van der Waals surface area contributed by atoms with Crippen LogP contribution in [0.25, 0.3) is 0 Å². The number of carbonyl (C=O) groups excluding carboxylic acids is 1. The minimum absolute atomic E-state index is 0.0855. The molecule has 0 bridgehead atoms. The zero-order chi connectivity index (χ0) is 17.5. The number of halogens is 1. The van der Waals surface area contributed by atoms with Gasteiger partial charge in [-0.1, -0.05) is 12.1 Å². The lowest BCUT2D eigenvalue weighted by Gasteiger charge is -2.37. The number of nitrogens with zero attached hydrogens (tertiary/aromatic N) is 4. The van der Waals surface area contributed by atoms with Crippen molar-refractivity contribution in [1.82, 2.24) is 15.1 Å². The number of amides is 1. The summed E-state index contributed by atoms with van der Waals surface area (Å²) in [6.07, 6.45) is 0.432. The van der Waals surface area contributed by atoms with Crippen molar-refractivity contribution in [1.29, 1.82) is 0 Å². The highest BCUT2D eigenvalue weighted by atomic mass is 19.1. The molecule has 1 amide bonds. The first kappa shape index (κ1) is 18.0. The van der Waals surface area contributed by atoms with Crippen LogP contribution in [0, 0.1) is 5.82 Å². The van der Waals surface area contributed by atoms with Crippen molar-refractivity contribution in [3.63, 3.8) is 0 Å². The van der Waals surface area contributed by atoms with Gasteiger partial charge in [0.15, 0.2) is 5.96 Å². The van der Waals surface area contributed by atoms with Gasteiger partial charge in [-0.15, -0.1) is 0 Å². The summed E-state index contributed by atoms with van der Waals surface area (Å²) in [4.78, 5) is 21.7. The first-order chi connectivity index (χ1) is 11.5. The number of piperazine rings is 1. The third-order valence-electron chi connectivity index (χ3n) is 4.10. The van der Waals surface area contributed by atoms with Gasteiger partial charge in [-0.3, -0.25) is 9.79 Å². The number of carbonyl (C=O) groups is 1. The number of anilines is 1. The summed E-state index contributed by atoms with van der Waals surface area (Å²) in [6, 6.07) is 6.86. The fraction of sp³-hybridized carbons (Fsp3) is 0.529. The van der Waals surface area contributed by atoms with Crippen molar-refractivity contribution in [2.45, 2.75) is 6.42 Å². The van der Waals surface area contributed by atoms with Gasteiger partial charge >= 0.3 is 0 Å². The van der Waals surface area contributed by atoms with Gasteiger partial charge in [0.1, 0.15) is 5.82 Å². The van der Waals surface area contributed by atoms with Crippen LogP contribution in [0.15, 0.2) is 29.3 Å². The lowest BCUT2D eigenvalue weighted by atomic mass is 10.2. The quantitative estimate of drug-likeness (QED) is 0.659. The van der Waals surface area contributed by atoms with Gasteiger partial charge < -0.3 is 20.0 Å². The van der Waals surface area contributed by atoms with Crippen molar-refractivity contribution >= 4 is 17.6 Å². The maximum absolute atomic E-state index is 13.9. The van der Waals surface area contributed by atoms with E-state index in [0.717, 1.165) is 32.1 Å². The molecule has 7 heteroatoms. The Kier molecular flexibility index (Phi) is 6.40. The predicted octanol–water partition coefficient (Wildman–Crippen LogP) is 1.00. The number of hydrogen-bond acceptors (Lipinski definition) is 3. The molecule has 1 fully saturated rings. The Hall–Kier alpha value is -2.31. The predicted molar refractivity (Wildman–Crippen MR) is 94.9 cm³/mol. The number of guanidine groups is 1. The average molecular weight is 335 g/mol. The first-order valence-electron chi connectivity index (χ1n) is 8.18. The first-order valence-corrected chi connectivity index (χ1v) is 8.18. The number of aliphatic imine (C=N–C) groups is 1. The fourth-order valence-corrected chi connectivity index (χ4v) is 2.70. The van der Waals surface area contributed by atoms with Gasteiger partial charge in [0.25, 0.3) is 0 Å². The Morgan fingerprint density at radius 1 is 1.25 bits per heavy atom. The van der Waals surface area contributed by atoms with Gasteiger partial charge in [-0.25, -0.2) is 4.39 Å². The second-order valence-electron chi connectivity index (χ2n) is 5.94. The normalized spacial score (nSPS) is 15.4. The Morgan fingerprint density at radius 3 is 2.50 bits per heavy atom. The van der Waals surface area contributed by atoms with Crippen molar-refractivity contribution in [3.8, 4) is 0 Å². The van der Waals surface area contributed by atoms with Gasteiger partial charge in [0.2, 0.25) is 5.91 Å². The Bertz CT molecular complexity index is 582. The molecular weight excluding hydrogens is 309 g/mol. The molecule has 0 unspecified atom stereocenters. The smallest absolute Gasteiger partial charge is 0.223 e. The van der Waals surface area contributed by atoms with E-state index < -0.39 is 0 Å². The summed E-state index contributed by atoms with van der Waals surface area (Å²) in [5.74, 6) is 0.688. The molecule has 0 aliphatic carbocycles. The topological polar surface area (TPSA) is 51.2 Å². The Balaban J connectivity index is 1.84. The number of benzene rings is 1. The molecule has 1 aromatic rings. The van der Waals surface area contributed by atoms with Gasteiger partial charge in [-0.2, -0.15) is 0 Å². The van der Waals surface area contributed by atoms with Crippen molar-refractivity contribution in [2.75, 3.05) is 58.8 Å². The molecule has 24 heavy (non-hydrogen) atoms. The van der Waals surface area contributed by atoms with Crippen LogP contribution >= 0.6 is 0 Å². The molecule has 1 N–H and O–H groups in total. The standard InChI is InChI=1S/C17H26FN5O/c1-19-17(20-9-8-16(24)21(2)3)23-12-10-22(11-13-23)15-7-5-4-6-14(15)18/h4-7H,8-13H2,1-3H3,(H,19,20). The highest BCUT2D eigenvalue weighted by Gasteiger charge is 2.21. The van der Waals surface area contributed by atoms with Gasteiger partial charge in [-0.05, 0) is 12.1 Å². The average Bonchev–Trinajstić information content (AvgIpc) is 2.59. The summed E-state index contributed by atoms with van der Waals surface area (Å²) >= 11 is 0. The number of hydrogen-bond donors (Lipinski definition) is 1. The van der Waals surface area contributed by atoms with E-state index in [4.69, 9.17) is 0 Å².